The lowest BCUT2D eigenvalue weighted by atomic mass is 10.1. The summed E-state index contributed by atoms with van der Waals surface area (Å²) in [4.78, 5) is 24.1. The monoisotopic (exact) mass is 453 g/mol. The number of benzene rings is 2. The zero-order valence-electron chi connectivity index (χ0n) is 17.3. The van der Waals surface area contributed by atoms with Crippen LogP contribution in [0.15, 0.2) is 54.9 Å². The molecule has 4 rings (SSSR count). The molecule has 0 saturated heterocycles. The summed E-state index contributed by atoms with van der Waals surface area (Å²) in [6, 6.07) is 12.6. The van der Waals surface area contributed by atoms with Crippen LogP contribution in [0.1, 0.15) is 21.5 Å². The van der Waals surface area contributed by atoms with Crippen molar-refractivity contribution in [3.05, 3.63) is 76.6 Å². The van der Waals surface area contributed by atoms with E-state index in [-0.39, 0.29) is 5.91 Å². The molecule has 158 valence electrons. The second kappa shape index (κ2) is 8.91. The minimum absolute atomic E-state index is 0.194. The van der Waals surface area contributed by atoms with Crippen molar-refractivity contribution in [1.82, 2.24) is 9.97 Å². The third-order valence-electron chi connectivity index (χ3n) is 4.84. The number of amides is 1. The lowest BCUT2D eigenvalue weighted by Gasteiger charge is -2.20. The van der Waals surface area contributed by atoms with Gasteiger partial charge >= 0.3 is 0 Å². The van der Waals surface area contributed by atoms with Gasteiger partial charge < -0.3 is 9.47 Å². The smallest absolute Gasteiger partial charge is 0.260 e. The van der Waals surface area contributed by atoms with Gasteiger partial charge in [0, 0.05) is 23.0 Å². The summed E-state index contributed by atoms with van der Waals surface area (Å²) in [5, 5.41) is 1.24. The zero-order chi connectivity index (χ0) is 22.0. The molecule has 0 fully saturated rings. The molecule has 8 heteroatoms. The first-order valence-corrected chi connectivity index (χ1v) is 10.7. The highest BCUT2D eigenvalue weighted by molar-refractivity contribution is 7.22. The van der Waals surface area contributed by atoms with Crippen LogP contribution >= 0.6 is 22.9 Å². The van der Waals surface area contributed by atoms with E-state index in [1.54, 1.807) is 49.7 Å². The molecule has 0 saturated carbocycles. The van der Waals surface area contributed by atoms with E-state index in [2.05, 4.69) is 4.98 Å². The van der Waals surface area contributed by atoms with Gasteiger partial charge in [-0.1, -0.05) is 22.9 Å². The number of anilines is 1. The van der Waals surface area contributed by atoms with Gasteiger partial charge in [0.1, 0.15) is 0 Å². The van der Waals surface area contributed by atoms with Crippen molar-refractivity contribution < 1.29 is 14.3 Å². The van der Waals surface area contributed by atoms with Gasteiger partial charge in [-0.15, -0.1) is 0 Å². The maximum Gasteiger partial charge on any atom is 0.260 e. The van der Waals surface area contributed by atoms with Gasteiger partial charge in [0.25, 0.3) is 5.91 Å². The minimum atomic E-state index is -0.194. The fourth-order valence-corrected chi connectivity index (χ4v) is 4.70. The third-order valence-corrected chi connectivity index (χ3v) is 6.08. The van der Waals surface area contributed by atoms with E-state index in [0.29, 0.717) is 33.8 Å². The van der Waals surface area contributed by atoms with E-state index in [9.17, 15) is 4.79 Å². The number of fused-ring (bicyclic) bond motifs is 1. The van der Waals surface area contributed by atoms with Crippen LogP contribution in [0, 0.1) is 6.92 Å². The first-order chi connectivity index (χ1) is 15.0. The summed E-state index contributed by atoms with van der Waals surface area (Å²) in [6.07, 6.45) is 3.41. The highest BCUT2D eigenvalue weighted by Crippen LogP contribution is 2.35. The molecule has 0 radical (unpaired) electrons. The molecule has 2 heterocycles. The van der Waals surface area contributed by atoms with Crippen LogP contribution in [0.25, 0.3) is 10.2 Å². The molecule has 0 bridgehead atoms. The third kappa shape index (κ3) is 4.33. The molecule has 0 N–H and O–H groups in total. The van der Waals surface area contributed by atoms with Crippen molar-refractivity contribution in [2.75, 3.05) is 19.1 Å². The van der Waals surface area contributed by atoms with Crippen molar-refractivity contribution in [2.45, 2.75) is 13.5 Å². The standard InChI is InChI=1S/C23H20ClN3O3S/c1-14-10-17(24)12-20-21(14)26-23(31-20)27(13-15-6-8-25-9-7-15)22(28)16-4-5-18(29-2)19(11-16)30-3/h4-12H,13H2,1-3H3. The predicted molar refractivity (Wildman–Crippen MR) is 124 cm³/mol. The SMILES string of the molecule is COc1ccc(C(=O)N(Cc2ccncc2)c2nc3c(C)cc(Cl)cc3s2)cc1OC. The number of halogens is 1. The molecule has 0 aliphatic carbocycles. The van der Waals surface area contributed by atoms with E-state index in [1.165, 1.54) is 11.3 Å². The quantitative estimate of drug-likeness (QED) is 0.384. The highest BCUT2D eigenvalue weighted by atomic mass is 35.5. The molecule has 1 amide bonds. The Bertz CT molecular complexity index is 1240. The van der Waals surface area contributed by atoms with Crippen molar-refractivity contribution >= 4 is 44.2 Å². The van der Waals surface area contributed by atoms with E-state index < -0.39 is 0 Å². The Morgan fingerprint density at radius 2 is 1.81 bits per heavy atom. The minimum Gasteiger partial charge on any atom is -0.493 e. The van der Waals surface area contributed by atoms with Crippen molar-refractivity contribution in [3.8, 4) is 11.5 Å². The summed E-state index contributed by atoms with van der Waals surface area (Å²) >= 11 is 7.66. The number of pyridine rings is 1. The molecule has 31 heavy (non-hydrogen) atoms. The first kappa shape index (κ1) is 21.1. The maximum atomic E-state index is 13.6. The highest BCUT2D eigenvalue weighted by Gasteiger charge is 2.23. The average Bonchev–Trinajstić information content (AvgIpc) is 3.21. The zero-order valence-corrected chi connectivity index (χ0v) is 18.8. The lowest BCUT2D eigenvalue weighted by molar-refractivity contribution is 0.0984. The first-order valence-electron chi connectivity index (χ1n) is 9.49. The summed E-state index contributed by atoms with van der Waals surface area (Å²) in [7, 11) is 3.10. The summed E-state index contributed by atoms with van der Waals surface area (Å²) in [6.45, 7) is 2.31. The topological polar surface area (TPSA) is 64.5 Å². The van der Waals surface area contributed by atoms with Crippen molar-refractivity contribution in [3.63, 3.8) is 0 Å². The number of carbonyl (C=O) groups is 1. The summed E-state index contributed by atoms with van der Waals surface area (Å²) in [5.41, 5.74) is 3.22. The number of hydrogen-bond donors (Lipinski definition) is 0. The van der Waals surface area contributed by atoms with Gasteiger partial charge in [-0.05, 0) is 60.5 Å². The molecule has 6 nitrogen and oxygen atoms in total. The number of aromatic nitrogens is 2. The van der Waals surface area contributed by atoms with E-state index in [4.69, 9.17) is 26.1 Å². The second-order valence-corrected chi connectivity index (χ2v) is 8.33. The molecule has 4 aromatic rings. The molecule has 0 spiro atoms. The van der Waals surface area contributed by atoms with Crippen LogP contribution in [-0.4, -0.2) is 30.1 Å². The van der Waals surface area contributed by atoms with E-state index >= 15 is 0 Å². The number of carbonyl (C=O) groups excluding carboxylic acids is 1. The Labute approximate surface area is 189 Å². The number of aryl methyl sites for hydroxylation is 1. The molecular weight excluding hydrogens is 434 g/mol. The maximum absolute atomic E-state index is 13.6. The Balaban J connectivity index is 1.79. The van der Waals surface area contributed by atoms with Crippen LogP contribution in [0.3, 0.4) is 0 Å². The number of ether oxygens (including phenoxy) is 2. The van der Waals surface area contributed by atoms with Gasteiger partial charge in [-0.2, -0.15) is 0 Å². The largest absolute Gasteiger partial charge is 0.493 e. The van der Waals surface area contributed by atoms with Crippen LogP contribution in [-0.2, 0) is 6.54 Å². The molecule has 0 aliphatic rings. The fraction of sp³-hybridized carbons (Fsp3) is 0.174. The molecule has 0 aliphatic heterocycles. The number of hydrogen-bond acceptors (Lipinski definition) is 6. The van der Waals surface area contributed by atoms with Gasteiger partial charge in [-0.25, -0.2) is 4.98 Å². The molecule has 0 atom stereocenters. The second-order valence-electron chi connectivity index (χ2n) is 6.88. The average molecular weight is 454 g/mol. The number of thiazole rings is 1. The number of nitrogens with zero attached hydrogens (tertiary/aromatic N) is 3. The summed E-state index contributed by atoms with van der Waals surface area (Å²) in [5.74, 6) is 0.856. The molecule has 2 aromatic heterocycles. The normalized spacial score (nSPS) is 10.8. The van der Waals surface area contributed by atoms with Crippen LogP contribution in [0.5, 0.6) is 11.5 Å². The van der Waals surface area contributed by atoms with Gasteiger partial charge in [-0.3, -0.25) is 14.7 Å². The number of methoxy groups -OCH3 is 2. The Kier molecular flexibility index (Phi) is 6.06. The Morgan fingerprint density at radius 1 is 1.06 bits per heavy atom. The number of rotatable bonds is 6. The Morgan fingerprint density at radius 3 is 2.52 bits per heavy atom. The Hall–Kier alpha value is -3.16. The molecule has 0 unspecified atom stereocenters. The van der Waals surface area contributed by atoms with Crippen LogP contribution in [0.4, 0.5) is 5.13 Å². The van der Waals surface area contributed by atoms with E-state index in [0.717, 1.165) is 21.3 Å². The van der Waals surface area contributed by atoms with Gasteiger partial charge in [0.05, 0.1) is 31.0 Å². The van der Waals surface area contributed by atoms with E-state index in [1.807, 2.05) is 31.2 Å². The van der Waals surface area contributed by atoms with Crippen LogP contribution in [0.2, 0.25) is 5.02 Å². The van der Waals surface area contributed by atoms with Crippen molar-refractivity contribution in [1.29, 1.82) is 0 Å². The van der Waals surface area contributed by atoms with Gasteiger partial charge in [0.15, 0.2) is 16.6 Å². The molecular formula is C23H20ClN3O3S. The van der Waals surface area contributed by atoms with Gasteiger partial charge in [0.2, 0.25) is 0 Å². The molecule has 2 aromatic carbocycles. The predicted octanol–water partition coefficient (Wildman–Crippen LogP) is 5.52. The van der Waals surface area contributed by atoms with Crippen molar-refractivity contribution in [2.24, 2.45) is 0 Å². The fourth-order valence-electron chi connectivity index (χ4n) is 3.28. The lowest BCUT2D eigenvalue weighted by Crippen LogP contribution is -2.30. The summed E-state index contributed by atoms with van der Waals surface area (Å²) < 4.78 is 11.6. The van der Waals surface area contributed by atoms with Crippen LogP contribution < -0.4 is 14.4 Å².